The van der Waals surface area contributed by atoms with Gasteiger partial charge in [-0.15, -0.1) is 24.8 Å². The first-order valence-corrected chi connectivity index (χ1v) is 7.77. The van der Waals surface area contributed by atoms with Gasteiger partial charge in [0.1, 0.15) is 0 Å². The zero-order valence-corrected chi connectivity index (χ0v) is 15.4. The van der Waals surface area contributed by atoms with Crippen molar-refractivity contribution >= 4 is 30.5 Å². The summed E-state index contributed by atoms with van der Waals surface area (Å²) in [5, 5.41) is 14.7. The van der Waals surface area contributed by atoms with Gasteiger partial charge in [0.25, 0.3) is 5.69 Å². The van der Waals surface area contributed by atoms with Crippen LogP contribution in [0.4, 0.5) is 5.69 Å². The summed E-state index contributed by atoms with van der Waals surface area (Å²) in [7, 11) is 0. The van der Waals surface area contributed by atoms with Crippen LogP contribution in [0.25, 0.3) is 0 Å². The fourth-order valence-corrected chi connectivity index (χ4v) is 2.96. The highest BCUT2D eigenvalue weighted by Gasteiger charge is 2.27. The summed E-state index contributed by atoms with van der Waals surface area (Å²) in [4.78, 5) is 13.5. The van der Waals surface area contributed by atoms with Gasteiger partial charge in [-0.1, -0.05) is 32.0 Å². The van der Waals surface area contributed by atoms with Gasteiger partial charge in [-0.25, -0.2) is 0 Å². The Morgan fingerprint density at radius 3 is 2.35 bits per heavy atom. The Balaban J connectivity index is 0.00000242. The van der Waals surface area contributed by atoms with Crippen molar-refractivity contribution in [1.82, 2.24) is 10.2 Å². The average molecular weight is 364 g/mol. The van der Waals surface area contributed by atoms with Gasteiger partial charge in [0.05, 0.1) is 4.92 Å². The Labute approximate surface area is 150 Å². The first-order chi connectivity index (χ1) is 10.1. The fourth-order valence-electron chi connectivity index (χ4n) is 2.96. The summed E-state index contributed by atoms with van der Waals surface area (Å²) in [6, 6.07) is 7.35. The number of rotatable bonds is 6. The van der Waals surface area contributed by atoms with Crippen molar-refractivity contribution in [1.29, 1.82) is 0 Å². The number of halogens is 2. The Hall–Kier alpha value is -0.880. The number of benzene rings is 1. The fraction of sp³-hybridized carbons (Fsp3) is 0.625. The molecule has 0 bridgehead atoms. The van der Waals surface area contributed by atoms with Crippen molar-refractivity contribution < 1.29 is 4.92 Å². The second kappa shape index (κ2) is 10.8. The molecule has 7 heteroatoms. The maximum Gasteiger partial charge on any atom is 0.274 e. The van der Waals surface area contributed by atoms with E-state index in [1.165, 1.54) is 0 Å². The van der Waals surface area contributed by atoms with Crippen LogP contribution in [0, 0.1) is 16.0 Å². The number of nitrogens with one attached hydrogen (secondary N) is 1. The number of nitro groups is 1. The van der Waals surface area contributed by atoms with Crippen LogP contribution in [0.5, 0.6) is 0 Å². The number of hydrogen-bond acceptors (Lipinski definition) is 4. The van der Waals surface area contributed by atoms with Crippen LogP contribution >= 0.6 is 24.8 Å². The molecule has 1 fully saturated rings. The highest BCUT2D eigenvalue weighted by atomic mass is 35.5. The molecule has 5 nitrogen and oxygen atoms in total. The van der Waals surface area contributed by atoms with Crippen LogP contribution in [0.1, 0.15) is 38.3 Å². The third-order valence-corrected chi connectivity index (χ3v) is 4.10. The minimum Gasteiger partial charge on any atom is -0.314 e. The van der Waals surface area contributed by atoms with E-state index in [-0.39, 0.29) is 41.5 Å². The van der Waals surface area contributed by atoms with Crippen molar-refractivity contribution in [3.8, 4) is 0 Å². The summed E-state index contributed by atoms with van der Waals surface area (Å²) >= 11 is 0. The van der Waals surface area contributed by atoms with E-state index in [1.807, 2.05) is 12.1 Å². The van der Waals surface area contributed by atoms with Gasteiger partial charge in [0.15, 0.2) is 0 Å². The first kappa shape index (κ1) is 22.1. The smallest absolute Gasteiger partial charge is 0.274 e. The van der Waals surface area contributed by atoms with Crippen LogP contribution in [0.2, 0.25) is 0 Å². The number of piperazine rings is 1. The average Bonchev–Trinajstić information content (AvgIpc) is 2.48. The molecule has 1 N–H and O–H groups in total. The normalized spacial score (nSPS) is 16.3. The Bertz CT molecular complexity index is 480. The minimum atomic E-state index is -0.250. The maximum atomic E-state index is 11.3. The molecule has 1 aromatic rings. The van der Waals surface area contributed by atoms with E-state index >= 15 is 0 Å². The topological polar surface area (TPSA) is 58.4 Å². The first-order valence-electron chi connectivity index (χ1n) is 7.77. The van der Waals surface area contributed by atoms with Crippen LogP contribution in [0.3, 0.4) is 0 Å². The Kier molecular flexibility index (Phi) is 10.4. The molecule has 1 aliphatic rings. The minimum absolute atomic E-state index is 0. The molecule has 1 aromatic carbocycles. The number of para-hydroxylation sites is 1. The standard InChI is InChI=1S/C16H25N3O2.2ClH/c1-13(2)7-8-15(18-11-9-17-10-12-18)14-5-3-4-6-16(14)19(20)21;;/h3-6,13,15,17H,7-12H2,1-2H3;2*1H/t15-;;/m0../s1. The summed E-state index contributed by atoms with van der Waals surface area (Å²) in [5.41, 5.74) is 1.12. The predicted molar refractivity (Wildman–Crippen MR) is 98.8 cm³/mol. The van der Waals surface area contributed by atoms with Crippen molar-refractivity contribution in [3.05, 3.63) is 39.9 Å². The quantitative estimate of drug-likeness (QED) is 0.616. The Morgan fingerprint density at radius 1 is 1.17 bits per heavy atom. The van der Waals surface area contributed by atoms with E-state index in [9.17, 15) is 10.1 Å². The molecule has 1 atom stereocenters. The van der Waals surface area contributed by atoms with Crippen LogP contribution in [-0.4, -0.2) is 36.0 Å². The van der Waals surface area contributed by atoms with E-state index in [2.05, 4.69) is 24.1 Å². The SMILES string of the molecule is CC(C)CC[C@@H](c1ccccc1[N+](=O)[O-])N1CCNCC1.Cl.Cl. The molecule has 132 valence electrons. The predicted octanol–water partition coefficient (Wildman–Crippen LogP) is 3.82. The van der Waals surface area contributed by atoms with Crippen molar-refractivity contribution in [3.63, 3.8) is 0 Å². The molecule has 1 saturated heterocycles. The van der Waals surface area contributed by atoms with Gasteiger partial charge in [-0.2, -0.15) is 0 Å². The lowest BCUT2D eigenvalue weighted by atomic mass is 9.94. The van der Waals surface area contributed by atoms with E-state index < -0.39 is 0 Å². The summed E-state index contributed by atoms with van der Waals surface area (Å²) in [6.07, 6.45) is 2.06. The molecule has 0 aliphatic carbocycles. The molecule has 1 heterocycles. The lowest BCUT2D eigenvalue weighted by Gasteiger charge is -2.35. The second-order valence-electron chi connectivity index (χ2n) is 6.09. The van der Waals surface area contributed by atoms with Gasteiger partial charge in [0, 0.05) is 43.9 Å². The van der Waals surface area contributed by atoms with E-state index in [1.54, 1.807) is 12.1 Å². The number of nitro benzene ring substituents is 1. The maximum absolute atomic E-state index is 11.3. The molecular weight excluding hydrogens is 337 g/mol. The summed E-state index contributed by atoms with van der Waals surface area (Å²) in [5.74, 6) is 0.609. The molecule has 0 spiro atoms. The van der Waals surface area contributed by atoms with Gasteiger partial charge in [-0.3, -0.25) is 15.0 Å². The molecule has 0 amide bonds. The lowest BCUT2D eigenvalue weighted by molar-refractivity contribution is -0.386. The third kappa shape index (κ3) is 6.26. The molecular formula is C16H27Cl2N3O2. The van der Waals surface area contributed by atoms with Gasteiger partial charge in [0.2, 0.25) is 0 Å². The third-order valence-electron chi connectivity index (χ3n) is 4.10. The van der Waals surface area contributed by atoms with Crippen molar-refractivity contribution in [2.24, 2.45) is 5.92 Å². The summed E-state index contributed by atoms with van der Waals surface area (Å²) < 4.78 is 0. The summed E-state index contributed by atoms with van der Waals surface area (Å²) in [6.45, 7) is 8.23. The molecule has 0 unspecified atom stereocenters. The Morgan fingerprint density at radius 2 is 1.78 bits per heavy atom. The lowest BCUT2D eigenvalue weighted by Crippen LogP contribution is -2.45. The van der Waals surface area contributed by atoms with Crippen molar-refractivity contribution in [2.75, 3.05) is 26.2 Å². The molecule has 0 aromatic heterocycles. The van der Waals surface area contributed by atoms with Gasteiger partial charge in [-0.05, 0) is 18.8 Å². The monoisotopic (exact) mass is 363 g/mol. The molecule has 1 aliphatic heterocycles. The van der Waals surface area contributed by atoms with Crippen LogP contribution < -0.4 is 5.32 Å². The molecule has 2 rings (SSSR count). The zero-order chi connectivity index (χ0) is 15.2. The number of nitrogens with zero attached hydrogens (tertiary/aromatic N) is 2. The second-order valence-corrected chi connectivity index (χ2v) is 6.09. The van der Waals surface area contributed by atoms with E-state index in [0.717, 1.165) is 44.6 Å². The van der Waals surface area contributed by atoms with Gasteiger partial charge >= 0.3 is 0 Å². The highest BCUT2D eigenvalue weighted by molar-refractivity contribution is 5.85. The van der Waals surface area contributed by atoms with Crippen molar-refractivity contribution in [2.45, 2.75) is 32.7 Å². The van der Waals surface area contributed by atoms with Crippen LogP contribution in [-0.2, 0) is 0 Å². The molecule has 0 saturated carbocycles. The largest absolute Gasteiger partial charge is 0.314 e. The van der Waals surface area contributed by atoms with E-state index in [4.69, 9.17) is 0 Å². The zero-order valence-electron chi connectivity index (χ0n) is 13.7. The van der Waals surface area contributed by atoms with Gasteiger partial charge < -0.3 is 5.32 Å². The molecule has 23 heavy (non-hydrogen) atoms. The van der Waals surface area contributed by atoms with Crippen LogP contribution in [0.15, 0.2) is 24.3 Å². The highest BCUT2D eigenvalue weighted by Crippen LogP contribution is 2.33. The van der Waals surface area contributed by atoms with E-state index in [0.29, 0.717) is 5.92 Å². The number of hydrogen-bond donors (Lipinski definition) is 1. The molecule has 0 radical (unpaired) electrons.